The van der Waals surface area contributed by atoms with Crippen molar-refractivity contribution < 1.29 is 13.2 Å². The number of piperidine rings is 1. The molecule has 1 atom stereocenters. The second kappa shape index (κ2) is 9.62. The Kier molecular flexibility index (Phi) is 7.20. The average molecular weight is 466 g/mol. The molecule has 1 saturated heterocycles. The molecule has 0 radical (unpaired) electrons. The molecule has 1 aliphatic rings. The van der Waals surface area contributed by atoms with Crippen molar-refractivity contribution in [3.8, 4) is 0 Å². The number of nitrogens with one attached hydrogen (secondary N) is 1. The van der Waals surface area contributed by atoms with Crippen LogP contribution in [0.3, 0.4) is 0 Å². The van der Waals surface area contributed by atoms with Crippen molar-refractivity contribution in [3.63, 3.8) is 0 Å². The van der Waals surface area contributed by atoms with Crippen LogP contribution in [0.2, 0.25) is 0 Å². The number of hydrogen-bond donors (Lipinski definition) is 1. The Morgan fingerprint density at radius 2 is 2.00 bits per heavy atom. The lowest BCUT2D eigenvalue weighted by Crippen LogP contribution is -2.41. The van der Waals surface area contributed by atoms with Gasteiger partial charge in [-0.1, -0.05) is 18.2 Å². The second-order valence-electron chi connectivity index (χ2n) is 6.98. The number of aromatic nitrogens is 1. The van der Waals surface area contributed by atoms with Gasteiger partial charge in [-0.05, 0) is 72.5 Å². The summed E-state index contributed by atoms with van der Waals surface area (Å²) in [5.41, 5.74) is 0. The second-order valence-corrected chi connectivity index (χ2v) is 10.0. The zero-order valence-electron chi connectivity index (χ0n) is 15.6. The standard InChI is InChI=1S/C20H24BrN3O3S/c21-17-9-10-19(22-14-17)23-20(25)16-6-4-11-24(15-16)12-5-13-28(26,27)18-7-2-1-3-8-18/h1-3,7-10,14,16H,4-6,11-13,15H2,(H,22,23,25). The van der Waals surface area contributed by atoms with Crippen LogP contribution in [0.5, 0.6) is 0 Å². The van der Waals surface area contributed by atoms with Crippen LogP contribution < -0.4 is 5.32 Å². The monoisotopic (exact) mass is 465 g/mol. The van der Waals surface area contributed by atoms with E-state index in [1.54, 1.807) is 36.5 Å². The summed E-state index contributed by atoms with van der Waals surface area (Å²) >= 11 is 3.32. The summed E-state index contributed by atoms with van der Waals surface area (Å²) in [5.74, 6) is 0.522. The molecule has 0 saturated carbocycles. The average Bonchev–Trinajstić information content (AvgIpc) is 2.70. The summed E-state index contributed by atoms with van der Waals surface area (Å²) in [6.07, 6.45) is 3.97. The molecule has 1 aromatic heterocycles. The lowest BCUT2D eigenvalue weighted by atomic mass is 9.97. The molecule has 1 N–H and O–H groups in total. The lowest BCUT2D eigenvalue weighted by Gasteiger charge is -2.31. The number of rotatable bonds is 7. The van der Waals surface area contributed by atoms with Gasteiger partial charge in [-0.3, -0.25) is 4.79 Å². The van der Waals surface area contributed by atoms with Crippen molar-refractivity contribution in [1.29, 1.82) is 0 Å². The van der Waals surface area contributed by atoms with E-state index in [9.17, 15) is 13.2 Å². The highest BCUT2D eigenvalue weighted by molar-refractivity contribution is 9.10. The van der Waals surface area contributed by atoms with E-state index in [0.29, 0.717) is 30.2 Å². The SMILES string of the molecule is O=C(Nc1ccc(Br)cn1)C1CCCN(CCCS(=O)(=O)c2ccccc2)C1. The van der Waals surface area contributed by atoms with Crippen molar-refractivity contribution in [2.24, 2.45) is 5.92 Å². The zero-order chi connectivity index (χ0) is 20.0. The molecule has 8 heteroatoms. The number of carbonyl (C=O) groups is 1. The summed E-state index contributed by atoms with van der Waals surface area (Å²) in [6, 6.07) is 12.1. The van der Waals surface area contributed by atoms with Gasteiger partial charge in [0.05, 0.1) is 16.6 Å². The van der Waals surface area contributed by atoms with E-state index in [-0.39, 0.29) is 17.6 Å². The number of hydrogen-bond acceptors (Lipinski definition) is 5. The van der Waals surface area contributed by atoms with Crippen LogP contribution >= 0.6 is 15.9 Å². The molecular weight excluding hydrogens is 442 g/mol. The summed E-state index contributed by atoms with van der Waals surface area (Å²) in [6.45, 7) is 2.21. The number of anilines is 1. The molecule has 1 aliphatic heterocycles. The molecule has 1 fully saturated rings. The molecule has 2 heterocycles. The summed E-state index contributed by atoms with van der Waals surface area (Å²) in [5, 5.41) is 2.87. The van der Waals surface area contributed by atoms with E-state index in [1.165, 1.54) is 0 Å². The maximum atomic E-state index is 12.5. The Morgan fingerprint density at radius 1 is 1.21 bits per heavy atom. The molecule has 0 aliphatic carbocycles. The van der Waals surface area contributed by atoms with E-state index >= 15 is 0 Å². The van der Waals surface area contributed by atoms with E-state index < -0.39 is 9.84 Å². The predicted molar refractivity (Wildman–Crippen MR) is 113 cm³/mol. The first-order valence-corrected chi connectivity index (χ1v) is 11.8. The van der Waals surface area contributed by atoms with Crippen LogP contribution in [0.25, 0.3) is 0 Å². The third-order valence-electron chi connectivity index (χ3n) is 4.84. The van der Waals surface area contributed by atoms with E-state index in [4.69, 9.17) is 0 Å². The van der Waals surface area contributed by atoms with Gasteiger partial charge in [0.2, 0.25) is 5.91 Å². The molecule has 1 amide bonds. The van der Waals surface area contributed by atoms with Crippen LogP contribution in [-0.2, 0) is 14.6 Å². The smallest absolute Gasteiger partial charge is 0.229 e. The van der Waals surface area contributed by atoms with Crippen molar-refractivity contribution in [2.75, 3.05) is 30.7 Å². The minimum Gasteiger partial charge on any atom is -0.310 e. The van der Waals surface area contributed by atoms with Gasteiger partial charge in [-0.2, -0.15) is 0 Å². The lowest BCUT2D eigenvalue weighted by molar-refractivity contribution is -0.121. The third kappa shape index (κ3) is 5.86. The van der Waals surface area contributed by atoms with Gasteiger partial charge in [-0.25, -0.2) is 13.4 Å². The fraction of sp³-hybridized carbons (Fsp3) is 0.400. The van der Waals surface area contributed by atoms with Crippen LogP contribution in [0.15, 0.2) is 58.0 Å². The van der Waals surface area contributed by atoms with Gasteiger partial charge < -0.3 is 10.2 Å². The predicted octanol–water partition coefficient (Wildman–Crippen LogP) is 3.36. The molecule has 28 heavy (non-hydrogen) atoms. The van der Waals surface area contributed by atoms with Gasteiger partial charge in [0.1, 0.15) is 5.82 Å². The fourth-order valence-corrected chi connectivity index (χ4v) is 4.93. The third-order valence-corrected chi connectivity index (χ3v) is 7.13. The summed E-state index contributed by atoms with van der Waals surface area (Å²) in [7, 11) is -3.25. The molecule has 0 bridgehead atoms. The van der Waals surface area contributed by atoms with E-state index in [2.05, 4.69) is 31.1 Å². The topological polar surface area (TPSA) is 79.4 Å². The van der Waals surface area contributed by atoms with Crippen LogP contribution in [0.4, 0.5) is 5.82 Å². The van der Waals surface area contributed by atoms with Crippen molar-refractivity contribution in [1.82, 2.24) is 9.88 Å². The Morgan fingerprint density at radius 3 is 2.71 bits per heavy atom. The van der Waals surface area contributed by atoms with E-state index in [0.717, 1.165) is 23.9 Å². The first kappa shape index (κ1) is 21.0. The minimum atomic E-state index is -3.25. The summed E-state index contributed by atoms with van der Waals surface area (Å²) in [4.78, 5) is 19.3. The number of halogens is 1. The number of likely N-dealkylation sites (tertiary alicyclic amines) is 1. The Labute approximate surface area is 174 Å². The Balaban J connectivity index is 1.48. The van der Waals surface area contributed by atoms with Crippen molar-refractivity contribution >= 4 is 37.5 Å². The number of carbonyl (C=O) groups excluding carboxylic acids is 1. The highest BCUT2D eigenvalue weighted by Crippen LogP contribution is 2.20. The van der Waals surface area contributed by atoms with Crippen molar-refractivity contribution in [3.05, 3.63) is 53.1 Å². The molecular formula is C20H24BrN3O3S. The molecule has 1 unspecified atom stereocenters. The number of amides is 1. The molecule has 0 spiro atoms. The normalized spacial score (nSPS) is 18.0. The first-order chi connectivity index (χ1) is 13.4. The first-order valence-electron chi connectivity index (χ1n) is 9.36. The molecule has 1 aromatic carbocycles. The molecule has 6 nitrogen and oxygen atoms in total. The number of nitrogens with zero attached hydrogens (tertiary/aromatic N) is 2. The highest BCUT2D eigenvalue weighted by Gasteiger charge is 2.26. The minimum absolute atomic E-state index is 0.0311. The zero-order valence-corrected chi connectivity index (χ0v) is 18.0. The van der Waals surface area contributed by atoms with Crippen LogP contribution in [0, 0.1) is 5.92 Å². The Hall–Kier alpha value is -1.77. The van der Waals surface area contributed by atoms with Gasteiger partial charge >= 0.3 is 0 Å². The van der Waals surface area contributed by atoms with E-state index in [1.807, 2.05) is 12.1 Å². The van der Waals surface area contributed by atoms with Gasteiger partial charge in [-0.15, -0.1) is 0 Å². The van der Waals surface area contributed by atoms with Crippen molar-refractivity contribution in [2.45, 2.75) is 24.2 Å². The van der Waals surface area contributed by atoms with Gasteiger partial charge in [0, 0.05) is 17.2 Å². The highest BCUT2D eigenvalue weighted by atomic mass is 79.9. The summed E-state index contributed by atoms with van der Waals surface area (Å²) < 4.78 is 25.6. The molecule has 150 valence electrons. The van der Waals surface area contributed by atoms with Crippen LogP contribution in [-0.4, -0.2) is 49.6 Å². The van der Waals surface area contributed by atoms with Gasteiger partial charge in [0.25, 0.3) is 0 Å². The maximum Gasteiger partial charge on any atom is 0.229 e. The number of pyridine rings is 1. The Bertz CT molecular complexity index is 889. The number of benzene rings is 1. The maximum absolute atomic E-state index is 12.5. The fourth-order valence-electron chi connectivity index (χ4n) is 3.37. The van der Waals surface area contributed by atoms with Gasteiger partial charge in [0.15, 0.2) is 9.84 Å². The quantitative estimate of drug-likeness (QED) is 0.677. The number of sulfone groups is 1. The largest absolute Gasteiger partial charge is 0.310 e. The van der Waals surface area contributed by atoms with Crippen LogP contribution in [0.1, 0.15) is 19.3 Å². The molecule has 3 rings (SSSR count). The molecule has 2 aromatic rings.